The van der Waals surface area contributed by atoms with Gasteiger partial charge in [-0.05, 0) is 36.8 Å². The molecule has 0 unspecified atom stereocenters. The molecule has 0 spiro atoms. The normalized spacial score (nSPS) is 14.1. The topological polar surface area (TPSA) is 67.8 Å². The van der Waals surface area contributed by atoms with Crippen LogP contribution < -0.4 is 14.4 Å². The van der Waals surface area contributed by atoms with E-state index in [1.807, 2.05) is 54.3 Å². The first-order chi connectivity index (χ1) is 14.6. The Hall–Kier alpha value is -3.35. The second-order valence-electron chi connectivity index (χ2n) is 7.36. The van der Waals surface area contributed by atoms with Gasteiger partial charge in [0.25, 0.3) is 0 Å². The molecule has 2 heterocycles. The fourth-order valence-corrected chi connectivity index (χ4v) is 3.82. The number of hydrogen-bond acceptors (Lipinski definition) is 6. The van der Waals surface area contributed by atoms with E-state index in [0.29, 0.717) is 31.0 Å². The average Bonchev–Trinajstić information content (AvgIpc) is 2.78. The molecule has 0 atom stereocenters. The summed E-state index contributed by atoms with van der Waals surface area (Å²) in [5.41, 5.74) is 3.63. The van der Waals surface area contributed by atoms with Crippen LogP contribution in [0.25, 0.3) is 11.0 Å². The summed E-state index contributed by atoms with van der Waals surface area (Å²) in [6.07, 6.45) is 0.342. The number of rotatable bonds is 5. The molecule has 7 nitrogen and oxygen atoms in total. The minimum absolute atomic E-state index is 0.114. The fraction of sp³-hybridized carbons (Fsp3) is 0.348. The molecule has 1 saturated heterocycles. The maximum Gasteiger partial charge on any atom is 0.227 e. The molecule has 0 bridgehead atoms. The smallest absolute Gasteiger partial charge is 0.227 e. The van der Waals surface area contributed by atoms with Gasteiger partial charge in [0.15, 0.2) is 17.3 Å². The number of carbonyl (C=O) groups excluding carboxylic acids is 1. The van der Waals surface area contributed by atoms with Gasteiger partial charge in [-0.1, -0.05) is 18.2 Å². The van der Waals surface area contributed by atoms with Crippen LogP contribution in [0.5, 0.6) is 11.5 Å². The van der Waals surface area contributed by atoms with E-state index in [0.717, 1.165) is 41.2 Å². The summed E-state index contributed by atoms with van der Waals surface area (Å²) in [5.74, 6) is 2.32. The third kappa shape index (κ3) is 4.01. The molecule has 0 aliphatic carbocycles. The Morgan fingerprint density at radius 3 is 2.27 bits per heavy atom. The summed E-state index contributed by atoms with van der Waals surface area (Å²) in [4.78, 5) is 26.4. The second-order valence-corrected chi connectivity index (χ2v) is 7.36. The largest absolute Gasteiger partial charge is 0.493 e. The van der Waals surface area contributed by atoms with E-state index in [1.54, 1.807) is 14.2 Å². The van der Waals surface area contributed by atoms with Crippen molar-refractivity contribution in [1.82, 2.24) is 14.9 Å². The molecular formula is C23H26N4O3. The molecule has 0 saturated carbocycles. The van der Waals surface area contributed by atoms with Crippen LogP contribution in [0, 0.1) is 6.92 Å². The molecule has 1 aliphatic heterocycles. The van der Waals surface area contributed by atoms with Gasteiger partial charge >= 0.3 is 0 Å². The monoisotopic (exact) mass is 406 g/mol. The standard InChI is InChI=1S/C23H26N4O3/c1-16-23(25-19-7-5-4-6-18(19)24-16)27-12-10-26(11-13-27)22(28)15-17-8-9-20(29-2)21(14-17)30-3/h4-9,14H,10-13,15H2,1-3H3. The Balaban J connectivity index is 1.41. The molecule has 0 N–H and O–H groups in total. The van der Waals surface area contributed by atoms with Gasteiger partial charge < -0.3 is 19.3 Å². The number of carbonyl (C=O) groups is 1. The van der Waals surface area contributed by atoms with Crippen molar-refractivity contribution in [3.8, 4) is 11.5 Å². The highest BCUT2D eigenvalue weighted by molar-refractivity contribution is 5.80. The van der Waals surface area contributed by atoms with Gasteiger partial charge in [-0.25, -0.2) is 9.97 Å². The number of amides is 1. The van der Waals surface area contributed by atoms with E-state index in [2.05, 4.69) is 9.88 Å². The summed E-state index contributed by atoms with van der Waals surface area (Å²) in [6.45, 7) is 4.81. The highest BCUT2D eigenvalue weighted by Crippen LogP contribution is 2.28. The summed E-state index contributed by atoms with van der Waals surface area (Å²) < 4.78 is 10.6. The Bertz CT molecular complexity index is 1060. The van der Waals surface area contributed by atoms with Crippen molar-refractivity contribution in [1.29, 1.82) is 0 Å². The van der Waals surface area contributed by atoms with Gasteiger partial charge in [0.1, 0.15) is 0 Å². The number of benzene rings is 2. The van der Waals surface area contributed by atoms with E-state index in [1.165, 1.54) is 0 Å². The summed E-state index contributed by atoms with van der Waals surface area (Å²) in [5, 5.41) is 0. The van der Waals surface area contributed by atoms with E-state index in [9.17, 15) is 4.79 Å². The second kappa shape index (κ2) is 8.57. The third-order valence-corrected chi connectivity index (χ3v) is 5.46. The molecule has 1 amide bonds. The van der Waals surface area contributed by atoms with Crippen LogP contribution in [-0.2, 0) is 11.2 Å². The van der Waals surface area contributed by atoms with Crippen molar-refractivity contribution in [2.24, 2.45) is 0 Å². The molecule has 4 rings (SSSR count). The van der Waals surface area contributed by atoms with Crippen molar-refractivity contribution >= 4 is 22.8 Å². The molecule has 30 heavy (non-hydrogen) atoms. The van der Waals surface area contributed by atoms with E-state index in [-0.39, 0.29) is 5.91 Å². The van der Waals surface area contributed by atoms with Crippen LogP contribution in [0.4, 0.5) is 5.82 Å². The number of para-hydroxylation sites is 2. The lowest BCUT2D eigenvalue weighted by atomic mass is 10.1. The van der Waals surface area contributed by atoms with Crippen LogP contribution in [-0.4, -0.2) is 61.2 Å². The van der Waals surface area contributed by atoms with Crippen LogP contribution in [0.1, 0.15) is 11.3 Å². The van der Waals surface area contributed by atoms with Crippen molar-refractivity contribution < 1.29 is 14.3 Å². The molecule has 1 aromatic heterocycles. The maximum absolute atomic E-state index is 12.8. The van der Waals surface area contributed by atoms with Gasteiger partial charge in [0.2, 0.25) is 5.91 Å². The van der Waals surface area contributed by atoms with Crippen molar-refractivity contribution in [3.05, 3.63) is 53.7 Å². The Kier molecular flexibility index (Phi) is 5.70. The molecule has 2 aromatic carbocycles. The zero-order chi connectivity index (χ0) is 21.1. The summed E-state index contributed by atoms with van der Waals surface area (Å²) >= 11 is 0. The number of aromatic nitrogens is 2. The lowest BCUT2D eigenvalue weighted by molar-refractivity contribution is -0.130. The first-order valence-electron chi connectivity index (χ1n) is 10.1. The van der Waals surface area contributed by atoms with E-state index < -0.39 is 0 Å². The summed E-state index contributed by atoms with van der Waals surface area (Å²) in [6, 6.07) is 13.5. The Labute approximate surface area is 176 Å². The minimum atomic E-state index is 0.114. The number of nitrogens with zero attached hydrogens (tertiary/aromatic N) is 4. The van der Waals surface area contributed by atoms with Gasteiger partial charge in [0, 0.05) is 26.2 Å². The predicted molar refractivity (Wildman–Crippen MR) is 116 cm³/mol. The van der Waals surface area contributed by atoms with E-state index in [4.69, 9.17) is 14.5 Å². The number of anilines is 1. The van der Waals surface area contributed by atoms with Crippen LogP contribution in [0.3, 0.4) is 0 Å². The quantitative estimate of drug-likeness (QED) is 0.649. The number of hydrogen-bond donors (Lipinski definition) is 0. The van der Waals surface area contributed by atoms with Crippen molar-refractivity contribution in [3.63, 3.8) is 0 Å². The van der Waals surface area contributed by atoms with E-state index >= 15 is 0 Å². The number of ether oxygens (including phenoxy) is 2. The molecule has 1 fully saturated rings. The predicted octanol–water partition coefficient (Wildman–Crippen LogP) is 2.85. The Morgan fingerprint density at radius 2 is 1.60 bits per heavy atom. The lowest BCUT2D eigenvalue weighted by Crippen LogP contribution is -2.49. The SMILES string of the molecule is COc1ccc(CC(=O)N2CCN(c3nc4ccccc4nc3C)CC2)cc1OC. The molecule has 3 aromatic rings. The van der Waals surface area contributed by atoms with Crippen molar-refractivity contribution in [2.75, 3.05) is 45.3 Å². The highest BCUT2D eigenvalue weighted by Gasteiger charge is 2.24. The molecular weight excluding hydrogens is 380 g/mol. The van der Waals surface area contributed by atoms with Gasteiger partial charge in [0.05, 0.1) is 37.4 Å². The molecule has 7 heteroatoms. The third-order valence-electron chi connectivity index (χ3n) is 5.46. The van der Waals surface area contributed by atoms with Crippen LogP contribution in [0.2, 0.25) is 0 Å². The molecule has 0 radical (unpaired) electrons. The van der Waals surface area contributed by atoms with Gasteiger partial charge in [-0.15, -0.1) is 0 Å². The summed E-state index contributed by atoms with van der Waals surface area (Å²) in [7, 11) is 3.20. The number of piperazine rings is 1. The number of fused-ring (bicyclic) bond motifs is 1. The first-order valence-corrected chi connectivity index (χ1v) is 10.1. The van der Waals surface area contributed by atoms with Crippen molar-refractivity contribution in [2.45, 2.75) is 13.3 Å². The fourth-order valence-electron chi connectivity index (χ4n) is 3.82. The minimum Gasteiger partial charge on any atom is -0.493 e. The zero-order valence-corrected chi connectivity index (χ0v) is 17.6. The van der Waals surface area contributed by atoms with Crippen LogP contribution in [0.15, 0.2) is 42.5 Å². The maximum atomic E-state index is 12.8. The molecule has 156 valence electrons. The first kappa shape index (κ1) is 19.9. The number of aryl methyl sites for hydroxylation is 1. The Morgan fingerprint density at radius 1 is 0.933 bits per heavy atom. The average molecular weight is 406 g/mol. The zero-order valence-electron chi connectivity index (χ0n) is 17.6. The van der Waals surface area contributed by atoms with Gasteiger partial charge in [-0.3, -0.25) is 4.79 Å². The molecule has 1 aliphatic rings. The highest BCUT2D eigenvalue weighted by atomic mass is 16.5. The van der Waals surface area contributed by atoms with Crippen LogP contribution >= 0.6 is 0 Å². The number of methoxy groups -OCH3 is 2. The lowest BCUT2D eigenvalue weighted by Gasteiger charge is -2.36. The van der Waals surface area contributed by atoms with Gasteiger partial charge in [-0.2, -0.15) is 0 Å².